The predicted octanol–water partition coefficient (Wildman–Crippen LogP) is 1.22. The molecule has 3 saturated heterocycles. The van der Waals surface area contributed by atoms with Crippen LogP contribution in [-0.4, -0.2) is 56.9 Å². The third kappa shape index (κ3) is 2.01. The zero-order valence-electron chi connectivity index (χ0n) is 11.6. The molecule has 3 fully saturated rings. The van der Waals surface area contributed by atoms with Gasteiger partial charge in [-0.05, 0) is 12.8 Å². The molecule has 0 aromatic carbocycles. The summed E-state index contributed by atoms with van der Waals surface area (Å²) >= 11 is 1.66. The van der Waals surface area contributed by atoms with Crippen molar-refractivity contribution in [2.45, 2.75) is 18.9 Å². The molecule has 5 rings (SSSR count). The van der Waals surface area contributed by atoms with E-state index in [-0.39, 0.29) is 0 Å². The van der Waals surface area contributed by atoms with Crippen LogP contribution in [0.2, 0.25) is 0 Å². The van der Waals surface area contributed by atoms with E-state index in [1.54, 1.807) is 17.5 Å². The largest absolute Gasteiger partial charge is 0.342 e. The number of piperidine rings is 1. The number of fused-ring (bicyclic) bond motifs is 4. The maximum atomic E-state index is 4.42. The highest BCUT2D eigenvalue weighted by atomic mass is 32.1. The molecule has 6 nitrogen and oxygen atoms in total. The molecular weight excluding hydrogens is 272 g/mol. The van der Waals surface area contributed by atoms with E-state index in [9.17, 15) is 0 Å². The number of rotatable bonds is 2. The molecule has 2 bridgehead atoms. The second-order valence-electron chi connectivity index (χ2n) is 5.52. The van der Waals surface area contributed by atoms with Gasteiger partial charge in [-0.25, -0.2) is 4.98 Å². The molecule has 0 unspecified atom stereocenters. The maximum Gasteiger partial charge on any atom is 0.209 e. The van der Waals surface area contributed by atoms with E-state index >= 15 is 0 Å². The van der Waals surface area contributed by atoms with Crippen molar-refractivity contribution in [3.63, 3.8) is 0 Å². The molecule has 0 amide bonds. The SMILES string of the molecule is Cn1ccnc1-c1nnc(N2CCN3CCC2CC3)s1. The van der Waals surface area contributed by atoms with Gasteiger partial charge in [0, 0.05) is 51.7 Å². The molecule has 2 aromatic heterocycles. The second-order valence-corrected chi connectivity index (χ2v) is 6.47. The Morgan fingerprint density at radius 3 is 2.75 bits per heavy atom. The summed E-state index contributed by atoms with van der Waals surface area (Å²) in [6, 6.07) is 0.635. The first-order valence-corrected chi connectivity index (χ1v) is 7.93. The average Bonchev–Trinajstić information content (AvgIpc) is 3.00. The molecule has 5 heterocycles. The molecule has 20 heavy (non-hydrogen) atoms. The van der Waals surface area contributed by atoms with E-state index in [0.717, 1.165) is 29.1 Å². The van der Waals surface area contributed by atoms with Crippen LogP contribution in [-0.2, 0) is 7.05 Å². The van der Waals surface area contributed by atoms with E-state index < -0.39 is 0 Å². The smallest absolute Gasteiger partial charge is 0.209 e. The van der Waals surface area contributed by atoms with Gasteiger partial charge in [0.2, 0.25) is 5.13 Å². The van der Waals surface area contributed by atoms with Gasteiger partial charge >= 0.3 is 0 Å². The molecule has 0 N–H and O–H groups in total. The van der Waals surface area contributed by atoms with E-state index in [2.05, 4.69) is 25.0 Å². The second kappa shape index (κ2) is 4.82. The number of imidazole rings is 1. The molecule has 0 aliphatic carbocycles. The minimum Gasteiger partial charge on any atom is -0.342 e. The zero-order valence-corrected chi connectivity index (χ0v) is 12.4. The monoisotopic (exact) mass is 290 g/mol. The standard InChI is InChI=1S/C13H18N6S/c1-17-7-4-14-11(17)12-15-16-13(20-12)19-9-8-18-5-2-10(19)3-6-18/h4,7,10H,2-3,5-6,8-9H2,1H3. The molecule has 0 radical (unpaired) electrons. The van der Waals surface area contributed by atoms with Crippen LogP contribution in [0.1, 0.15) is 12.8 Å². The summed E-state index contributed by atoms with van der Waals surface area (Å²) in [6.07, 6.45) is 6.24. The predicted molar refractivity (Wildman–Crippen MR) is 78.9 cm³/mol. The Morgan fingerprint density at radius 2 is 2.00 bits per heavy atom. The van der Waals surface area contributed by atoms with Crippen LogP contribution in [0.4, 0.5) is 5.13 Å². The van der Waals surface area contributed by atoms with Crippen LogP contribution in [0.3, 0.4) is 0 Å². The Bertz CT molecular complexity index is 598. The van der Waals surface area contributed by atoms with Crippen LogP contribution >= 0.6 is 11.3 Å². The fraction of sp³-hybridized carbons (Fsp3) is 0.615. The number of aryl methyl sites for hydroxylation is 1. The topological polar surface area (TPSA) is 50.1 Å². The molecule has 3 aliphatic rings. The van der Waals surface area contributed by atoms with Gasteiger partial charge in [0.1, 0.15) is 0 Å². The van der Waals surface area contributed by atoms with E-state index in [0.29, 0.717) is 6.04 Å². The van der Waals surface area contributed by atoms with Gasteiger partial charge in [0.05, 0.1) is 0 Å². The van der Waals surface area contributed by atoms with Gasteiger partial charge in [-0.3, -0.25) is 0 Å². The Morgan fingerprint density at radius 1 is 1.15 bits per heavy atom. The molecule has 0 atom stereocenters. The van der Waals surface area contributed by atoms with Crippen molar-refractivity contribution in [2.24, 2.45) is 7.05 Å². The van der Waals surface area contributed by atoms with Crippen molar-refractivity contribution < 1.29 is 0 Å². The van der Waals surface area contributed by atoms with Gasteiger partial charge in [-0.15, -0.1) is 10.2 Å². The first-order chi connectivity index (χ1) is 9.81. The first-order valence-electron chi connectivity index (χ1n) is 7.11. The highest BCUT2D eigenvalue weighted by Crippen LogP contribution is 2.32. The van der Waals surface area contributed by atoms with E-state index in [1.165, 1.54) is 25.9 Å². The molecule has 3 aliphatic heterocycles. The van der Waals surface area contributed by atoms with Gasteiger partial charge in [0.25, 0.3) is 0 Å². The minimum absolute atomic E-state index is 0.635. The number of nitrogens with zero attached hydrogens (tertiary/aromatic N) is 6. The van der Waals surface area contributed by atoms with Gasteiger partial charge in [-0.2, -0.15) is 0 Å². The lowest BCUT2D eigenvalue weighted by atomic mass is 10.1. The Labute approximate surface area is 122 Å². The lowest BCUT2D eigenvalue weighted by Crippen LogP contribution is -2.37. The van der Waals surface area contributed by atoms with Gasteiger partial charge in [0.15, 0.2) is 10.8 Å². The Balaban J connectivity index is 1.63. The van der Waals surface area contributed by atoms with Gasteiger partial charge in [-0.1, -0.05) is 11.3 Å². The average molecular weight is 290 g/mol. The third-order valence-corrected chi connectivity index (χ3v) is 5.28. The summed E-state index contributed by atoms with van der Waals surface area (Å²) in [5.74, 6) is 0.900. The molecule has 0 saturated carbocycles. The summed E-state index contributed by atoms with van der Waals surface area (Å²) in [6.45, 7) is 4.67. The summed E-state index contributed by atoms with van der Waals surface area (Å²) in [4.78, 5) is 9.36. The maximum absolute atomic E-state index is 4.42. The number of hydrogen-bond acceptors (Lipinski definition) is 6. The fourth-order valence-electron chi connectivity index (χ4n) is 3.13. The lowest BCUT2D eigenvalue weighted by Gasteiger charge is -2.30. The minimum atomic E-state index is 0.635. The van der Waals surface area contributed by atoms with Crippen molar-refractivity contribution in [1.29, 1.82) is 0 Å². The van der Waals surface area contributed by atoms with Crippen molar-refractivity contribution in [1.82, 2.24) is 24.6 Å². The van der Waals surface area contributed by atoms with Crippen LogP contribution in [0.5, 0.6) is 0 Å². The van der Waals surface area contributed by atoms with Crippen LogP contribution in [0.15, 0.2) is 12.4 Å². The molecular formula is C13H18N6S. The van der Waals surface area contributed by atoms with Crippen molar-refractivity contribution >= 4 is 16.5 Å². The number of hydrogen-bond donors (Lipinski definition) is 0. The molecule has 106 valence electrons. The highest BCUT2D eigenvalue weighted by molar-refractivity contribution is 7.18. The van der Waals surface area contributed by atoms with E-state index in [4.69, 9.17) is 0 Å². The molecule has 7 heteroatoms. The summed E-state index contributed by atoms with van der Waals surface area (Å²) in [5.41, 5.74) is 0. The summed E-state index contributed by atoms with van der Waals surface area (Å²) in [5, 5.41) is 10.7. The molecule has 0 spiro atoms. The van der Waals surface area contributed by atoms with Gasteiger partial charge < -0.3 is 14.4 Å². The highest BCUT2D eigenvalue weighted by Gasteiger charge is 2.31. The quantitative estimate of drug-likeness (QED) is 0.832. The Kier molecular flexibility index (Phi) is 2.96. The molecule has 2 aromatic rings. The Hall–Kier alpha value is -1.47. The number of anilines is 1. The van der Waals surface area contributed by atoms with Crippen LogP contribution in [0.25, 0.3) is 10.8 Å². The third-order valence-electron chi connectivity index (χ3n) is 4.33. The summed E-state index contributed by atoms with van der Waals surface area (Å²) in [7, 11) is 1.99. The normalized spacial score (nSPS) is 25.9. The lowest BCUT2D eigenvalue weighted by molar-refractivity contribution is 0.250. The number of aromatic nitrogens is 4. The van der Waals surface area contributed by atoms with Crippen molar-refractivity contribution in [3.8, 4) is 10.8 Å². The van der Waals surface area contributed by atoms with Crippen molar-refractivity contribution in [2.75, 3.05) is 31.1 Å². The fourth-order valence-corrected chi connectivity index (χ4v) is 4.11. The zero-order chi connectivity index (χ0) is 13.5. The van der Waals surface area contributed by atoms with Crippen LogP contribution in [0, 0.1) is 0 Å². The van der Waals surface area contributed by atoms with Crippen LogP contribution < -0.4 is 4.90 Å². The summed E-state index contributed by atoms with van der Waals surface area (Å²) < 4.78 is 1.99. The van der Waals surface area contributed by atoms with Crippen molar-refractivity contribution in [3.05, 3.63) is 12.4 Å². The first kappa shape index (κ1) is 12.3. The van der Waals surface area contributed by atoms with E-state index in [1.807, 2.05) is 17.8 Å².